The lowest BCUT2D eigenvalue weighted by Crippen LogP contribution is -2.39. The molecule has 1 heterocycles. The third kappa shape index (κ3) is 3.39. The predicted octanol–water partition coefficient (Wildman–Crippen LogP) is 2.16. The average Bonchev–Trinajstić information content (AvgIpc) is 2.77. The molecule has 1 N–H and O–H groups in total. The number of carbonyl (C=O) groups is 1. The van der Waals surface area contributed by atoms with E-state index < -0.39 is 0 Å². The number of amides is 1. The molecule has 104 valence electrons. The van der Waals surface area contributed by atoms with Gasteiger partial charge in [0.1, 0.15) is 5.75 Å². The first-order chi connectivity index (χ1) is 8.99. The molecule has 4 nitrogen and oxygen atoms in total. The fourth-order valence-electron chi connectivity index (χ4n) is 2.49. The van der Waals surface area contributed by atoms with Crippen molar-refractivity contribution in [1.82, 2.24) is 9.80 Å². The molecular weight excluding hydrogens is 355 g/mol. The molecule has 1 unspecified atom stereocenters. The minimum Gasteiger partial charge on any atom is -0.507 e. The maximum Gasteiger partial charge on any atom is 0.257 e. The monoisotopic (exact) mass is 374 g/mol. The lowest BCUT2D eigenvalue weighted by Gasteiger charge is -2.26. The second-order valence-electron chi connectivity index (χ2n) is 5.12. The number of phenolic OH excluding ortho intramolecular Hbond substituents is 1. The highest BCUT2D eigenvalue weighted by Gasteiger charge is 2.25. The second-order valence-corrected chi connectivity index (χ2v) is 6.37. The van der Waals surface area contributed by atoms with E-state index in [1.807, 2.05) is 0 Å². The Bertz CT molecular complexity index is 479. The number of benzene rings is 1. The van der Waals surface area contributed by atoms with Crippen molar-refractivity contribution in [2.24, 2.45) is 0 Å². The number of hydrogen-bond acceptors (Lipinski definition) is 3. The lowest BCUT2D eigenvalue weighted by atomic mass is 10.1. The lowest BCUT2D eigenvalue weighted by molar-refractivity contribution is 0.0758. The highest BCUT2D eigenvalue weighted by Crippen LogP contribution is 2.22. The highest BCUT2D eigenvalue weighted by molar-refractivity contribution is 14.1. The molecule has 0 spiro atoms. The third-order valence-electron chi connectivity index (χ3n) is 3.69. The van der Waals surface area contributed by atoms with E-state index in [1.54, 1.807) is 30.1 Å². The van der Waals surface area contributed by atoms with E-state index in [0.717, 1.165) is 16.5 Å². The smallest absolute Gasteiger partial charge is 0.257 e. The Morgan fingerprint density at radius 1 is 1.58 bits per heavy atom. The van der Waals surface area contributed by atoms with Crippen LogP contribution in [0.15, 0.2) is 18.2 Å². The van der Waals surface area contributed by atoms with Gasteiger partial charge in [0.2, 0.25) is 0 Å². The quantitative estimate of drug-likeness (QED) is 0.825. The Hall–Kier alpha value is -0.820. The molecule has 1 amide bonds. The van der Waals surface area contributed by atoms with Gasteiger partial charge in [-0.3, -0.25) is 4.79 Å². The molecule has 0 radical (unpaired) electrons. The number of aromatic hydroxyl groups is 1. The number of phenols is 1. The first-order valence-electron chi connectivity index (χ1n) is 6.43. The molecule has 2 rings (SSSR count). The number of likely N-dealkylation sites (tertiary alicyclic amines) is 1. The molecule has 0 aliphatic carbocycles. The van der Waals surface area contributed by atoms with Gasteiger partial charge in [-0.2, -0.15) is 0 Å². The van der Waals surface area contributed by atoms with Crippen LogP contribution in [0, 0.1) is 3.57 Å². The number of rotatable bonds is 3. The van der Waals surface area contributed by atoms with Gasteiger partial charge in [0.15, 0.2) is 0 Å². The summed E-state index contributed by atoms with van der Waals surface area (Å²) in [4.78, 5) is 16.4. The van der Waals surface area contributed by atoms with Crippen LogP contribution in [0.5, 0.6) is 5.75 Å². The molecule has 1 saturated heterocycles. The van der Waals surface area contributed by atoms with Gasteiger partial charge in [-0.05, 0) is 67.2 Å². The molecule has 0 saturated carbocycles. The zero-order valence-electron chi connectivity index (χ0n) is 11.3. The molecule has 1 aliphatic heterocycles. The fourth-order valence-corrected chi connectivity index (χ4v) is 2.99. The Balaban J connectivity index is 2.08. The van der Waals surface area contributed by atoms with Crippen LogP contribution >= 0.6 is 22.6 Å². The second kappa shape index (κ2) is 6.09. The van der Waals surface area contributed by atoms with Gasteiger partial charge in [-0.25, -0.2) is 0 Å². The fraction of sp³-hybridized carbons (Fsp3) is 0.500. The zero-order valence-corrected chi connectivity index (χ0v) is 13.4. The van der Waals surface area contributed by atoms with E-state index in [1.165, 1.54) is 6.42 Å². The maximum atomic E-state index is 12.4. The molecule has 1 atom stereocenters. The van der Waals surface area contributed by atoms with Crippen LogP contribution in [0.2, 0.25) is 0 Å². The summed E-state index contributed by atoms with van der Waals surface area (Å²) in [7, 11) is 3.90. The van der Waals surface area contributed by atoms with Crippen LogP contribution < -0.4 is 0 Å². The number of nitrogens with zero attached hydrogens (tertiary/aromatic N) is 2. The van der Waals surface area contributed by atoms with E-state index >= 15 is 0 Å². The Labute approximate surface area is 127 Å². The van der Waals surface area contributed by atoms with Crippen LogP contribution in [0.3, 0.4) is 0 Å². The van der Waals surface area contributed by atoms with Gasteiger partial charge in [0, 0.05) is 23.2 Å². The molecule has 19 heavy (non-hydrogen) atoms. The van der Waals surface area contributed by atoms with Crippen molar-refractivity contribution < 1.29 is 9.90 Å². The topological polar surface area (TPSA) is 43.8 Å². The Kier molecular flexibility index (Phi) is 4.67. The van der Waals surface area contributed by atoms with Crippen molar-refractivity contribution >= 4 is 28.5 Å². The molecular formula is C14H19IN2O2. The molecule has 5 heteroatoms. The van der Waals surface area contributed by atoms with Gasteiger partial charge >= 0.3 is 0 Å². The SMILES string of the molecule is CN(CC1CCCN1C)C(=O)c1cc(I)ccc1O. The van der Waals surface area contributed by atoms with Gasteiger partial charge in [-0.1, -0.05) is 0 Å². The standard InChI is InChI=1S/C14H19IN2O2/c1-16-7-3-4-11(16)9-17(2)14(19)12-8-10(15)5-6-13(12)18/h5-6,8,11,18H,3-4,7,9H2,1-2H3. The number of hydrogen-bond donors (Lipinski definition) is 1. The molecule has 1 aliphatic rings. The minimum atomic E-state index is -0.115. The van der Waals surface area contributed by atoms with E-state index in [0.29, 0.717) is 18.2 Å². The molecule has 1 fully saturated rings. The Morgan fingerprint density at radius 3 is 2.95 bits per heavy atom. The van der Waals surface area contributed by atoms with E-state index in [9.17, 15) is 9.90 Å². The first-order valence-corrected chi connectivity index (χ1v) is 7.51. The molecule has 1 aromatic carbocycles. The van der Waals surface area contributed by atoms with E-state index in [4.69, 9.17) is 0 Å². The van der Waals surface area contributed by atoms with Crippen molar-refractivity contribution in [2.45, 2.75) is 18.9 Å². The zero-order chi connectivity index (χ0) is 14.0. The predicted molar refractivity (Wildman–Crippen MR) is 83.4 cm³/mol. The van der Waals surface area contributed by atoms with Crippen molar-refractivity contribution in [3.63, 3.8) is 0 Å². The summed E-state index contributed by atoms with van der Waals surface area (Å²) in [6.07, 6.45) is 2.32. The summed E-state index contributed by atoms with van der Waals surface area (Å²) >= 11 is 2.14. The van der Waals surface area contributed by atoms with Crippen LogP contribution in [0.1, 0.15) is 23.2 Å². The van der Waals surface area contributed by atoms with Crippen LogP contribution in [-0.2, 0) is 0 Å². The van der Waals surface area contributed by atoms with Crippen molar-refractivity contribution in [2.75, 3.05) is 27.2 Å². The molecule has 1 aromatic rings. The Morgan fingerprint density at radius 2 is 2.32 bits per heavy atom. The summed E-state index contributed by atoms with van der Waals surface area (Å²) in [5, 5.41) is 9.81. The van der Waals surface area contributed by atoms with Gasteiger partial charge in [0.25, 0.3) is 5.91 Å². The molecule has 0 bridgehead atoms. The number of likely N-dealkylation sites (N-methyl/N-ethyl adjacent to an activating group) is 2. The van der Waals surface area contributed by atoms with Crippen LogP contribution in [-0.4, -0.2) is 54.0 Å². The van der Waals surface area contributed by atoms with Crippen molar-refractivity contribution in [3.8, 4) is 5.75 Å². The average molecular weight is 374 g/mol. The number of carbonyl (C=O) groups excluding carboxylic acids is 1. The summed E-state index contributed by atoms with van der Waals surface area (Å²) in [6.45, 7) is 1.81. The maximum absolute atomic E-state index is 12.4. The first kappa shape index (κ1) is 14.6. The van der Waals surface area contributed by atoms with Gasteiger partial charge < -0.3 is 14.9 Å². The van der Waals surface area contributed by atoms with Crippen molar-refractivity contribution in [1.29, 1.82) is 0 Å². The highest BCUT2D eigenvalue weighted by atomic mass is 127. The number of halogens is 1. The van der Waals surface area contributed by atoms with Gasteiger partial charge in [-0.15, -0.1) is 0 Å². The summed E-state index contributed by atoms with van der Waals surface area (Å²) < 4.78 is 0.949. The normalized spacial score (nSPS) is 19.6. The van der Waals surface area contributed by atoms with Crippen LogP contribution in [0.4, 0.5) is 0 Å². The summed E-state index contributed by atoms with van der Waals surface area (Å²) in [6, 6.07) is 5.52. The molecule has 0 aromatic heterocycles. The summed E-state index contributed by atoms with van der Waals surface area (Å²) in [5.41, 5.74) is 0.384. The van der Waals surface area contributed by atoms with Crippen LogP contribution in [0.25, 0.3) is 0 Å². The van der Waals surface area contributed by atoms with E-state index in [-0.39, 0.29) is 11.7 Å². The summed E-state index contributed by atoms with van der Waals surface area (Å²) in [5.74, 6) is -0.0617. The van der Waals surface area contributed by atoms with Gasteiger partial charge in [0.05, 0.1) is 5.56 Å². The largest absolute Gasteiger partial charge is 0.507 e. The third-order valence-corrected chi connectivity index (χ3v) is 4.36. The van der Waals surface area contributed by atoms with E-state index in [2.05, 4.69) is 34.5 Å². The van der Waals surface area contributed by atoms with Crippen molar-refractivity contribution in [3.05, 3.63) is 27.3 Å². The minimum absolute atomic E-state index is 0.0528.